The third kappa shape index (κ3) is 1.53. The molecular formula is C7H12BNO3. The summed E-state index contributed by atoms with van der Waals surface area (Å²) >= 11 is 0. The van der Waals surface area contributed by atoms with Crippen molar-refractivity contribution in [3.05, 3.63) is 23.9 Å². The molecule has 1 aliphatic rings. The molecule has 66 valence electrons. The highest BCUT2D eigenvalue weighted by Crippen LogP contribution is 2.16. The van der Waals surface area contributed by atoms with Gasteiger partial charge in [0.05, 0.1) is 0 Å². The highest BCUT2D eigenvalue weighted by molar-refractivity contribution is 6.46. The van der Waals surface area contributed by atoms with Crippen LogP contribution in [0.4, 0.5) is 0 Å². The second-order valence-corrected chi connectivity index (χ2v) is 2.70. The van der Waals surface area contributed by atoms with Crippen LogP contribution in [0.25, 0.3) is 0 Å². The molecule has 1 aliphatic heterocycles. The van der Waals surface area contributed by atoms with Gasteiger partial charge in [0.15, 0.2) is 5.62 Å². The Morgan fingerprint density at radius 3 is 2.58 bits per heavy atom. The molecule has 1 heterocycles. The number of dihydropyridines is 1. The number of allylic oxidation sites excluding steroid dienone is 3. The van der Waals surface area contributed by atoms with E-state index in [1.807, 2.05) is 13.0 Å². The largest absolute Gasteiger partial charge is 0.512 e. The monoisotopic (exact) mass is 169 g/mol. The summed E-state index contributed by atoms with van der Waals surface area (Å²) in [6.45, 7) is 1.82. The van der Waals surface area contributed by atoms with Gasteiger partial charge in [0.2, 0.25) is 0 Å². The molecule has 0 fully saturated rings. The molecule has 0 bridgehead atoms. The van der Waals surface area contributed by atoms with E-state index in [1.165, 1.54) is 7.11 Å². The van der Waals surface area contributed by atoms with Crippen molar-refractivity contribution in [2.75, 3.05) is 7.11 Å². The van der Waals surface area contributed by atoms with Crippen LogP contribution in [0.5, 0.6) is 0 Å². The predicted molar refractivity (Wildman–Crippen MR) is 46.0 cm³/mol. The van der Waals surface area contributed by atoms with Crippen LogP contribution >= 0.6 is 0 Å². The van der Waals surface area contributed by atoms with Gasteiger partial charge in [0.25, 0.3) is 0 Å². The molecule has 0 spiro atoms. The van der Waals surface area contributed by atoms with E-state index >= 15 is 0 Å². The molecule has 0 aromatic rings. The maximum atomic E-state index is 9.04. The van der Waals surface area contributed by atoms with Gasteiger partial charge in [0.1, 0.15) is 0 Å². The van der Waals surface area contributed by atoms with Crippen molar-refractivity contribution in [1.82, 2.24) is 5.32 Å². The van der Waals surface area contributed by atoms with Crippen molar-refractivity contribution in [2.45, 2.75) is 12.5 Å². The Balaban J connectivity index is 2.84. The average molecular weight is 169 g/mol. The zero-order valence-electron chi connectivity index (χ0n) is 7.11. The third-order valence-electron chi connectivity index (χ3n) is 1.80. The van der Waals surface area contributed by atoms with E-state index in [2.05, 4.69) is 5.32 Å². The van der Waals surface area contributed by atoms with Gasteiger partial charge in [-0.05, 0) is 19.1 Å². The van der Waals surface area contributed by atoms with E-state index in [0.717, 1.165) is 5.70 Å². The van der Waals surface area contributed by atoms with Crippen LogP contribution in [0.3, 0.4) is 0 Å². The van der Waals surface area contributed by atoms with E-state index in [0.29, 0.717) is 0 Å². The van der Waals surface area contributed by atoms with E-state index in [1.54, 1.807) is 12.2 Å². The number of methoxy groups -OCH3 is 1. The van der Waals surface area contributed by atoms with E-state index in [9.17, 15) is 0 Å². The highest BCUT2D eigenvalue weighted by atomic mass is 16.5. The summed E-state index contributed by atoms with van der Waals surface area (Å²) in [7, 11) is -0.169. The predicted octanol–water partition coefficient (Wildman–Crippen LogP) is -0.596. The lowest BCUT2D eigenvalue weighted by Gasteiger charge is -2.32. The van der Waals surface area contributed by atoms with Gasteiger partial charge < -0.3 is 20.1 Å². The summed E-state index contributed by atoms with van der Waals surface area (Å²) in [4.78, 5) is 0. The fourth-order valence-electron chi connectivity index (χ4n) is 1.10. The van der Waals surface area contributed by atoms with Gasteiger partial charge in [0, 0.05) is 12.8 Å². The minimum Gasteiger partial charge on any atom is -0.424 e. The number of ether oxygens (including phenoxy) is 1. The summed E-state index contributed by atoms with van der Waals surface area (Å²) in [5, 5.41) is 20.9. The molecule has 0 aliphatic carbocycles. The van der Waals surface area contributed by atoms with Crippen molar-refractivity contribution in [2.24, 2.45) is 0 Å². The van der Waals surface area contributed by atoms with Gasteiger partial charge in [-0.25, -0.2) is 0 Å². The van der Waals surface area contributed by atoms with Crippen molar-refractivity contribution >= 4 is 7.12 Å². The normalized spacial score (nSPS) is 27.8. The lowest BCUT2D eigenvalue weighted by Crippen LogP contribution is -2.57. The van der Waals surface area contributed by atoms with Crippen LogP contribution in [0, 0.1) is 0 Å². The van der Waals surface area contributed by atoms with Gasteiger partial charge in [-0.3, -0.25) is 0 Å². The molecule has 0 aromatic heterocycles. The molecule has 0 aromatic carbocycles. The number of hydrogen-bond acceptors (Lipinski definition) is 4. The smallest absolute Gasteiger partial charge is 0.424 e. The van der Waals surface area contributed by atoms with Gasteiger partial charge in [-0.2, -0.15) is 0 Å². The van der Waals surface area contributed by atoms with Crippen molar-refractivity contribution in [3.8, 4) is 0 Å². The Morgan fingerprint density at radius 2 is 2.25 bits per heavy atom. The number of rotatable bonds is 2. The lowest BCUT2D eigenvalue weighted by molar-refractivity contribution is 0.0477. The Kier molecular flexibility index (Phi) is 2.57. The van der Waals surface area contributed by atoms with Crippen LogP contribution in [-0.2, 0) is 4.74 Å². The molecule has 5 heteroatoms. The Bertz CT molecular complexity index is 227. The molecule has 3 N–H and O–H groups in total. The van der Waals surface area contributed by atoms with Crippen LogP contribution < -0.4 is 5.32 Å². The molecule has 12 heavy (non-hydrogen) atoms. The van der Waals surface area contributed by atoms with Crippen LogP contribution in [0.15, 0.2) is 23.9 Å². The minimum atomic E-state index is -1.58. The Morgan fingerprint density at radius 1 is 1.58 bits per heavy atom. The van der Waals surface area contributed by atoms with E-state index in [-0.39, 0.29) is 0 Å². The first kappa shape index (κ1) is 9.31. The summed E-state index contributed by atoms with van der Waals surface area (Å²) in [5.74, 6) is 0. The Labute approximate surface area is 71.7 Å². The summed E-state index contributed by atoms with van der Waals surface area (Å²) in [5.41, 5.74) is -0.369. The maximum Gasteiger partial charge on any atom is 0.512 e. The maximum absolute atomic E-state index is 9.04. The molecular weight excluding hydrogens is 157 g/mol. The van der Waals surface area contributed by atoms with Crippen LogP contribution in [0.2, 0.25) is 0 Å². The van der Waals surface area contributed by atoms with Gasteiger partial charge in [-0.15, -0.1) is 0 Å². The second-order valence-electron chi connectivity index (χ2n) is 2.70. The van der Waals surface area contributed by atoms with E-state index in [4.69, 9.17) is 14.8 Å². The Hall–Kier alpha value is -0.775. The molecule has 4 nitrogen and oxygen atoms in total. The second kappa shape index (κ2) is 3.31. The van der Waals surface area contributed by atoms with Crippen molar-refractivity contribution in [3.63, 3.8) is 0 Å². The molecule has 1 rings (SSSR count). The first-order valence-electron chi connectivity index (χ1n) is 3.66. The van der Waals surface area contributed by atoms with Gasteiger partial charge in [-0.1, -0.05) is 6.08 Å². The molecule has 1 unspecified atom stereocenters. The van der Waals surface area contributed by atoms with Gasteiger partial charge >= 0.3 is 7.12 Å². The zero-order valence-corrected chi connectivity index (χ0v) is 7.11. The minimum absolute atomic E-state index is 0.826. The quantitative estimate of drug-likeness (QED) is 0.483. The molecule has 0 saturated heterocycles. The van der Waals surface area contributed by atoms with E-state index < -0.39 is 12.7 Å². The lowest BCUT2D eigenvalue weighted by atomic mass is 9.73. The van der Waals surface area contributed by atoms with Crippen molar-refractivity contribution in [1.29, 1.82) is 0 Å². The fourth-order valence-corrected chi connectivity index (χ4v) is 1.10. The number of hydrogen-bond donors (Lipinski definition) is 3. The molecule has 0 radical (unpaired) electrons. The van der Waals surface area contributed by atoms with Crippen LogP contribution in [-0.4, -0.2) is 29.9 Å². The first-order valence-corrected chi connectivity index (χ1v) is 3.66. The third-order valence-corrected chi connectivity index (χ3v) is 1.80. The zero-order chi connectivity index (χ0) is 9.19. The standard InChI is InChI=1S/C7H12BNO3/c1-6-4-3-5-7(9-6,12-2)8(10)11/h3-5,9-11H,1-2H3. The summed E-state index contributed by atoms with van der Waals surface area (Å²) in [6.07, 6.45) is 5.10. The molecule has 0 saturated carbocycles. The highest BCUT2D eigenvalue weighted by Gasteiger charge is 2.41. The van der Waals surface area contributed by atoms with Crippen LogP contribution in [0.1, 0.15) is 6.92 Å². The summed E-state index contributed by atoms with van der Waals surface area (Å²) < 4.78 is 4.97. The molecule has 0 amide bonds. The number of nitrogens with one attached hydrogen (secondary N) is 1. The average Bonchev–Trinajstić information content (AvgIpc) is 2.04. The molecule has 1 atom stereocenters. The van der Waals surface area contributed by atoms with Crippen molar-refractivity contribution < 1.29 is 14.8 Å². The topological polar surface area (TPSA) is 61.7 Å². The first-order chi connectivity index (χ1) is 5.60. The summed E-state index contributed by atoms with van der Waals surface area (Å²) in [6, 6.07) is 0. The SMILES string of the molecule is COC1(B(O)O)C=CC=C(C)N1. The fraction of sp³-hybridized carbons (Fsp3) is 0.429.